The second-order valence-corrected chi connectivity index (χ2v) is 5.36. The fraction of sp³-hybridized carbons (Fsp3) is 0.533. The summed E-state index contributed by atoms with van der Waals surface area (Å²) in [7, 11) is 0. The van der Waals surface area contributed by atoms with Crippen molar-refractivity contribution in [1.29, 1.82) is 0 Å². The van der Waals surface area contributed by atoms with Crippen molar-refractivity contribution in [1.82, 2.24) is 4.90 Å². The van der Waals surface area contributed by atoms with E-state index in [9.17, 15) is 15.0 Å². The van der Waals surface area contributed by atoms with Crippen LogP contribution in [-0.4, -0.2) is 39.6 Å². The van der Waals surface area contributed by atoms with E-state index in [1.54, 1.807) is 0 Å². The zero-order chi connectivity index (χ0) is 14.7. The van der Waals surface area contributed by atoms with Crippen molar-refractivity contribution < 1.29 is 15.0 Å². The highest BCUT2D eigenvalue weighted by Crippen LogP contribution is 2.27. The Balaban J connectivity index is 2.14. The maximum absolute atomic E-state index is 12.5. The van der Waals surface area contributed by atoms with E-state index in [1.807, 2.05) is 11.8 Å². The highest BCUT2D eigenvalue weighted by atomic mass is 16.3. The molecule has 1 aliphatic rings. The van der Waals surface area contributed by atoms with Gasteiger partial charge in [-0.25, -0.2) is 0 Å². The van der Waals surface area contributed by atoms with E-state index in [0.29, 0.717) is 12.1 Å². The lowest BCUT2D eigenvalue weighted by Crippen LogP contribution is -2.44. The molecule has 20 heavy (non-hydrogen) atoms. The number of nitrogens with two attached hydrogens (primary N) is 1. The van der Waals surface area contributed by atoms with E-state index in [1.165, 1.54) is 18.2 Å². The van der Waals surface area contributed by atoms with E-state index < -0.39 is 0 Å². The number of nitrogens with zero attached hydrogens (tertiary/aromatic N) is 1. The van der Waals surface area contributed by atoms with E-state index in [4.69, 9.17) is 5.73 Å². The molecule has 1 aliphatic carbocycles. The number of rotatable bonds is 3. The summed E-state index contributed by atoms with van der Waals surface area (Å²) in [5, 5.41) is 18.8. The van der Waals surface area contributed by atoms with Crippen LogP contribution in [0, 0.1) is 0 Å². The molecule has 0 bridgehead atoms. The maximum atomic E-state index is 12.5. The van der Waals surface area contributed by atoms with Crippen LogP contribution in [0.4, 0.5) is 0 Å². The quantitative estimate of drug-likeness (QED) is 0.736. The first-order valence-corrected chi connectivity index (χ1v) is 7.11. The molecule has 0 unspecified atom stereocenters. The largest absolute Gasteiger partial charge is 0.504 e. The Morgan fingerprint density at radius 1 is 1.25 bits per heavy atom. The molecule has 0 heterocycles. The van der Waals surface area contributed by atoms with Gasteiger partial charge in [0.15, 0.2) is 11.5 Å². The second kappa shape index (κ2) is 6.13. The van der Waals surface area contributed by atoms with Crippen molar-refractivity contribution in [3.8, 4) is 11.5 Å². The van der Waals surface area contributed by atoms with Crippen molar-refractivity contribution in [3.63, 3.8) is 0 Å². The smallest absolute Gasteiger partial charge is 0.254 e. The number of carbonyl (C=O) groups excluding carboxylic acids is 1. The lowest BCUT2D eigenvalue weighted by molar-refractivity contribution is 0.0640. The molecule has 1 aromatic rings. The number of benzene rings is 1. The molecule has 2 rings (SSSR count). The van der Waals surface area contributed by atoms with Crippen LogP contribution in [0.1, 0.15) is 43.0 Å². The topological polar surface area (TPSA) is 86.8 Å². The number of hydrogen-bond acceptors (Lipinski definition) is 4. The van der Waals surface area contributed by atoms with Gasteiger partial charge >= 0.3 is 0 Å². The second-order valence-electron chi connectivity index (χ2n) is 5.36. The lowest BCUT2D eigenvalue weighted by Gasteiger charge is -2.35. The molecule has 1 aromatic carbocycles. The summed E-state index contributed by atoms with van der Waals surface area (Å²) in [6.07, 6.45) is 3.72. The van der Waals surface area contributed by atoms with Crippen LogP contribution in [0.2, 0.25) is 0 Å². The Hall–Kier alpha value is -1.75. The zero-order valence-corrected chi connectivity index (χ0v) is 11.7. The summed E-state index contributed by atoms with van der Waals surface area (Å²) in [5.41, 5.74) is 6.30. The van der Waals surface area contributed by atoms with Crippen LogP contribution in [0.3, 0.4) is 0 Å². The van der Waals surface area contributed by atoms with Crippen LogP contribution in [-0.2, 0) is 0 Å². The highest BCUT2D eigenvalue weighted by molar-refractivity contribution is 5.95. The molecule has 0 spiro atoms. The Kier molecular flexibility index (Phi) is 4.49. The predicted molar refractivity (Wildman–Crippen MR) is 76.7 cm³/mol. The average Bonchev–Trinajstić information content (AvgIpc) is 2.44. The number of phenolic OH excluding ortho intramolecular Hbond substituents is 2. The first-order chi connectivity index (χ1) is 9.52. The number of amides is 1. The third-order valence-electron chi connectivity index (χ3n) is 4.01. The first kappa shape index (κ1) is 14.7. The minimum atomic E-state index is -0.266. The normalized spacial score (nSPS) is 22.5. The van der Waals surface area contributed by atoms with E-state index in [0.717, 1.165) is 25.7 Å². The number of carbonyl (C=O) groups is 1. The van der Waals surface area contributed by atoms with Gasteiger partial charge in [0.05, 0.1) is 0 Å². The van der Waals surface area contributed by atoms with Crippen molar-refractivity contribution >= 4 is 5.91 Å². The third-order valence-corrected chi connectivity index (χ3v) is 4.01. The first-order valence-electron chi connectivity index (χ1n) is 7.11. The minimum Gasteiger partial charge on any atom is -0.504 e. The molecule has 0 aromatic heterocycles. The SMILES string of the molecule is CCN(C(=O)c1ccc(O)c(O)c1)C1CCC(N)CC1. The zero-order valence-electron chi connectivity index (χ0n) is 11.7. The van der Waals surface area contributed by atoms with E-state index >= 15 is 0 Å². The Bertz CT molecular complexity index is 482. The number of hydrogen-bond donors (Lipinski definition) is 3. The Morgan fingerprint density at radius 2 is 1.90 bits per heavy atom. The van der Waals surface area contributed by atoms with Gasteiger partial charge in [0.25, 0.3) is 5.91 Å². The molecule has 0 aliphatic heterocycles. The summed E-state index contributed by atoms with van der Waals surface area (Å²) in [5.74, 6) is -0.589. The summed E-state index contributed by atoms with van der Waals surface area (Å²) >= 11 is 0. The van der Waals surface area contributed by atoms with Gasteiger partial charge in [-0.05, 0) is 50.8 Å². The van der Waals surface area contributed by atoms with Crippen molar-refractivity contribution in [2.75, 3.05) is 6.54 Å². The van der Waals surface area contributed by atoms with Gasteiger partial charge in [-0.1, -0.05) is 0 Å². The standard InChI is InChI=1S/C15H22N2O3/c1-2-17(12-6-4-11(16)5-7-12)15(20)10-3-8-13(18)14(19)9-10/h3,8-9,11-12,18-19H,2,4-7,16H2,1H3. The van der Waals surface area contributed by atoms with Gasteiger partial charge in [0.1, 0.15) is 0 Å². The number of aromatic hydroxyl groups is 2. The van der Waals surface area contributed by atoms with Gasteiger partial charge in [-0.3, -0.25) is 4.79 Å². The fourth-order valence-corrected chi connectivity index (χ4v) is 2.80. The molecule has 0 saturated heterocycles. The van der Waals surface area contributed by atoms with Crippen LogP contribution in [0.5, 0.6) is 11.5 Å². The van der Waals surface area contributed by atoms with Gasteiger partial charge in [-0.2, -0.15) is 0 Å². The average molecular weight is 278 g/mol. The van der Waals surface area contributed by atoms with Crippen LogP contribution < -0.4 is 5.73 Å². The molecule has 5 heteroatoms. The molecule has 0 atom stereocenters. The third kappa shape index (κ3) is 3.04. The van der Waals surface area contributed by atoms with Crippen LogP contribution >= 0.6 is 0 Å². The highest BCUT2D eigenvalue weighted by Gasteiger charge is 2.27. The minimum absolute atomic E-state index is 0.108. The number of phenols is 2. The van der Waals surface area contributed by atoms with Crippen molar-refractivity contribution in [2.45, 2.75) is 44.7 Å². The maximum Gasteiger partial charge on any atom is 0.254 e. The van der Waals surface area contributed by atoms with Crippen molar-refractivity contribution in [3.05, 3.63) is 23.8 Å². The molecule has 1 saturated carbocycles. The summed E-state index contributed by atoms with van der Waals surface area (Å²) in [6, 6.07) is 4.65. The summed E-state index contributed by atoms with van der Waals surface area (Å²) < 4.78 is 0. The Morgan fingerprint density at radius 3 is 2.45 bits per heavy atom. The van der Waals surface area contributed by atoms with Crippen LogP contribution in [0.25, 0.3) is 0 Å². The summed E-state index contributed by atoms with van der Waals surface area (Å²) in [6.45, 7) is 2.58. The molecular weight excluding hydrogens is 256 g/mol. The molecule has 1 amide bonds. The lowest BCUT2D eigenvalue weighted by atomic mass is 9.90. The van der Waals surface area contributed by atoms with E-state index in [-0.39, 0.29) is 29.5 Å². The van der Waals surface area contributed by atoms with Gasteiger partial charge in [0.2, 0.25) is 0 Å². The molecule has 0 radical (unpaired) electrons. The van der Waals surface area contributed by atoms with Gasteiger partial charge < -0.3 is 20.8 Å². The fourth-order valence-electron chi connectivity index (χ4n) is 2.80. The van der Waals surface area contributed by atoms with Crippen LogP contribution in [0.15, 0.2) is 18.2 Å². The molecule has 4 N–H and O–H groups in total. The van der Waals surface area contributed by atoms with Gasteiger partial charge in [-0.15, -0.1) is 0 Å². The Labute approximate surface area is 119 Å². The monoisotopic (exact) mass is 278 g/mol. The molecular formula is C15H22N2O3. The van der Waals surface area contributed by atoms with Gasteiger partial charge in [0, 0.05) is 24.2 Å². The predicted octanol–water partition coefficient (Wildman–Crippen LogP) is 1.83. The molecule has 5 nitrogen and oxygen atoms in total. The van der Waals surface area contributed by atoms with E-state index in [2.05, 4.69) is 0 Å². The molecule has 1 fully saturated rings. The summed E-state index contributed by atoms with van der Waals surface area (Å²) in [4.78, 5) is 14.4. The van der Waals surface area contributed by atoms with Crippen molar-refractivity contribution in [2.24, 2.45) is 5.73 Å². The molecule has 110 valence electrons.